The van der Waals surface area contributed by atoms with Gasteiger partial charge in [0, 0.05) is 24.0 Å². The Morgan fingerprint density at radius 3 is 2.04 bits per heavy atom. The molecule has 0 saturated heterocycles. The van der Waals surface area contributed by atoms with E-state index in [1.807, 2.05) is 30.3 Å². The van der Waals surface area contributed by atoms with Gasteiger partial charge in [-0.2, -0.15) is 0 Å². The lowest BCUT2D eigenvalue weighted by Crippen LogP contribution is -2.14. The number of para-hydroxylation sites is 1. The lowest BCUT2D eigenvalue weighted by Gasteiger charge is -2.08. The number of aromatic nitrogens is 2. The Morgan fingerprint density at radius 2 is 1.42 bits per heavy atom. The summed E-state index contributed by atoms with van der Waals surface area (Å²) < 4.78 is 0. The summed E-state index contributed by atoms with van der Waals surface area (Å²) in [5.41, 5.74) is 2.41. The van der Waals surface area contributed by atoms with Gasteiger partial charge in [0.1, 0.15) is 11.5 Å². The third-order valence-electron chi connectivity index (χ3n) is 3.39. The lowest BCUT2D eigenvalue weighted by atomic mass is 10.2. The van der Waals surface area contributed by atoms with Crippen molar-refractivity contribution < 1.29 is 9.59 Å². The van der Waals surface area contributed by atoms with Gasteiger partial charge in [-0.25, -0.2) is 9.97 Å². The fourth-order valence-corrected chi connectivity index (χ4v) is 2.21. The zero-order chi connectivity index (χ0) is 18.4. The number of amides is 2. The van der Waals surface area contributed by atoms with E-state index in [1.165, 1.54) is 19.3 Å². The van der Waals surface area contributed by atoms with Crippen LogP contribution in [0.4, 0.5) is 22.9 Å². The predicted octanol–water partition coefficient (Wildman–Crippen LogP) is 3.43. The maximum absolute atomic E-state index is 12.1. The summed E-state index contributed by atoms with van der Waals surface area (Å²) in [6, 6.07) is 16.3. The first kappa shape index (κ1) is 17.1. The second-order valence-corrected chi connectivity index (χ2v) is 5.49. The van der Waals surface area contributed by atoms with Crippen LogP contribution >= 0.6 is 0 Å². The van der Waals surface area contributed by atoms with E-state index in [2.05, 4.69) is 25.9 Å². The molecule has 1 aromatic heterocycles. The Morgan fingerprint density at radius 1 is 0.769 bits per heavy atom. The maximum Gasteiger partial charge on any atom is 0.275 e. The van der Waals surface area contributed by atoms with Gasteiger partial charge >= 0.3 is 0 Å². The minimum Gasteiger partial charge on any atom is -0.339 e. The molecule has 0 unspecified atom stereocenters. The summed E-state index contributed by atoms with van der Waals surface area (Å²) >= 11 is 0. The van der Waals surface area contributed by atoms with E-state index in [0.29, 0.717) is 17.2 Å². The molecule has 3 N–H and O–H groups in total. The third-order valence-corrected chi connectivity index (χ3v) is 3.39. The van der Waals surface area contributed by atoms with Crippen LogP contribution in [0, 0.1) is 0 Å². The van der Waals surface area contributed by atoms with Gasteiger partial charge in [-0.05, 0) is 36.4 Å². The van der Waals surface area contributed by atoms with E-state index in [0.717, 1.165) is 5.69 Å². The normalized spacial score (nSPS) is 10.0. The quantitative estimate of drug-likeness (QED) is 0.657. The second kappa shape index (κ2) is 7.89. The number of nitrogens with zero attached hydrogens (tertiary/aromatic N) is 2. The molecular weight excluding hydrogens is 330 g/mol. The van der Waals surface area contributed by atoms with E-state index in [-0.39, 0.29) is 17.5 Å². The van der Waals surface area contributed by atoms with Crippen molar-refractivity contribution in [3.63, 3.8) is 0 Å². The molecule has 0 spiro atoms. The topological polar surface area (TPSA) is 96.0 Å². The van der Waals surface area contributed by atoms with Gasteiger partial charge in [0.05, 0.1) is 12.4 Å². The molecule has 130 valence electrons. The minimum atomic E-state index is -0.324. The smallest absolute Gasteiger partial charge is 0.275 e. The van der Waals surface area contributed by atoms with Crippen LogP contribution in [0.2, 0.25) is 0 Å². The van der Waals surface area contributed by atoms with Crippen molar-refractivity contribution in [1.29, 1.82) is 0 Å². The summed E-state index contributed by atoms with van der Waals surface area (Å²) in [5.74, 6) is 0.0596. The first-order chi connectivity index (χ1) is 12.6. The predicted molar refractivity (Wildman–Crippen MR) is 100 cm³/mol. The molecule has 7 nitrogen and oxygen atoms in total. The highest BCUT2D eigenvalue weighted by atomic mass is 16.2. The van der Waals surface area contributed by atoms with E-state index in [1.54, 1.807) is 24.3 Å². The van der Waals surface area contributed by atoms with Crippen LogP contribution in [0.25, 0.3) is 0 Å². The highest BCUT2D eigenvalue weighted by Gasteiger charge is 2.08. The van der Waals surface area contributed by atoms with Crippen LogP contribution in [-0.2, 0) is 4.79 Å². The molecule has 3 rings (SSSR count). The van der Waals surface area contributed by atoms with Crippen LogP contribution in [0.5, 0.6) is 0 Å². The van der Waals surface area contributed by atoms with Gasteiger partial charge in [0.25, 0.3) is 5.91 Å². The second-order valence-electron chi connectivity index (χ2n) is 5.49. The van der Waals surface area contributed by atoms with E-state index < -0.39 is 0 Å². The zero-order valence-electron chi connectivity index (χ0n) is 14.1. The van der Waals surface area contributed by atoms with Crippen molar-refractivity contribution in [2.75, 3.05) is 16.0 Å². The van der Waals surface area contributed by atoms with Crippen molar-refractivity contribution in [1.82, 2.24) is 9.97 Å². The monoisotopic (exact) mass is 347 g/mol. The molecule has 0 fully saturated rings. The van der Waals surface area contributed by atoms with Crippen molar-refractivity contribution in [2.24, 2.45) is 0 Å². The Hall–Kier alpha value is -3.74. The fraction of sp³-hybridized carbons (Fsp3) is 0.0526. The molecule has 2 amide bonds. The zero-order valence-corrected chi connectivity index (χ0v) is 14.1. The molecular formula is C19H17N5O2. The average molecular weight is 347 g/mol. The van der Waals surface area contributed by atoms with Gasteiger partial charge in [0.15, 0.2) is 0 Å². The number of hydrogen-bond donors (Lipinski definition) is 3. The van der Waals surface area contributed by atoms with E-state index >= 15 is 0 Å². The number of hydrogen-bond acceptors (Lipinski definition) is 5. The molecule has 7 heteroatoms. The van der Waals surface area contributed by atoms with Gasteiger partial charge in [-0.15, -0.1) is 0 Å². The molecule has 0 saturated carbocycles. The van der Waals surface area contributed by atoms with Crippen molar-refractivity contribution in [2.45, 2.75) is 6.92 Å². The Balaban J connectivity index is 1.62. The summed E-state index contributed by atoms with van der Waals surface area (Å²) in [7, 11) is 0. The third kappa shape index (κ3) is 4.64. The number of carbonyl (C=O) groups is 2. The maximum atomic E-state index is 12.1. The highest BCUT2D eigenvalue weighted by molar-refractivity contribution is 6.02. The number of benzene rings is 2. The van der Waals surface area contributed by atoms with Gasteiger partial charge in [-0.3, -0.25) is 9.59 Å². The van der Waals surface area contributed by atoms with Crippen LogP contribution in [0.1, 0.15) is 17.4 Å². The molecule has 0 aliphatic carbocycles. The van der Waals surface area contributed by atoms with Gasteiger partial charge < -0.3 is 16.0 Å². The minimum absolute atomic E-state index is 0.124. The molecule has 0 aliphatic heterocycles. The molecule has 1 heterocycles. The van der Waals surface area contributed by atoms with Crippen LogP contribution in [0.15, 0.2) is 67.0 Å². The average Bonchev–Trinajstić information content (AvgIpc) is 2.64. The Kier molecular flexibility index (Phi) is 5.19. The number of rotatable bonds is 5. The molecule has 3 aromatic rings. The van der Waals surface area contributed by atoms with Crippen molar-refractivity contribution in [3.05, 3.63) is 72.7 Å². The van der Waals surface area contributed by atoms with Crippen LogP contribution < -0.4 is 16.0 Å². The highest BCUT2D eigenvalue weighted by Crippen LogP contribution is 2.17. The van der Waals surface area contributed by atoms with Crippen LogP contribution in [-0.4, -0.2) is 21.8 Å². The summed E-state index contributed by atoms with van der Waals surface area (Å²) in [6.45, 7) is 1.46. The molecule has 0 bridgehead atoms. The number of anilines is 4. The van der Waals surface area contributed by atoms with Gasteiger partial charge in [-0.1, -0.05) is 18.2 Å². The molecule has 0 radical (unpaired) electrons. The van der Waals surface area contributed by atoms with Gasteiger partial charge in [0.2, 0.25) is 5.91 Å². The summed E-state index contributed by atoms with van der Waals surface area (Å²) in [5, 5.41) is 8.53. The fourth-order valence-electron chi connectivity index (χ4n) is 2.21. The van der Waals surface area contributed by atoms with E-state index in [4.69, 9.17) is 0 Å². The standard InChI is InChI=1S/C19H17N5O2/c1-13(25)22-15-7-9-16(10-8-15)23-18-12-20-17(11-21-18)19(26)24-14-5-3-2-4-6-14/h2-12H,1H3,(H,21,23)(H,22,25)(H,24,26). The molecule has 0 aliphatic rings. The molecule has 0 atom stereocenters. The first-order valence-corrected chi connectivity index (χ1v) is 7.93. The van der Waals surface area contributed by atoms with Crippen molar-refractivity contribution in [3.8, 4) is 0 Å². The van der Waals surface area contributed by atoms with Crippen LogP contribution in [0.3, 0.4) is 0 Å². The van der Waals surface area contributed by atoms with Crippen molar-refractivity contribution >= 4 is 34.7 Å². The molecule has 2 aromatic carbocycles. The Bertz CT molecular complexity index is 893. The largest absolute Gasteiger partial charge is 0.339 e. The number of nitrogens with one attached hydrogen (secondary N) is 3. The summed E-state index contributed by atoms with van der Waals surface area (Å²) in [6.07, 6.45) is 2.90. The first-order valence-electron chi connectivity index (χ1n) is 7.93. The summed E-state index contributed by atoms with van der Waals surface area (Å²) in [4.78, 5) is 31.5. The molecule has 26 heavy (non-hydrogen) atoms. The Labute approximate surface area is 150 Å². The van der Waals surface area contributed by atoms with E-state index in [9.17, 15) is 9.59 Å². The lowest BCUT2D eigenvalue weighted by molar-refractivity contribution is -0.114. The SMILES string of the molecule is CC(=O)Nc1ccc(Nc2cnc(C(=O)Nc3ccccc3)cn2)cc1. The number of carbonyl (C=O) groups excluding carboxylic acids is 2.